The summed E-state index contributed by atoms with van der Waals surface area (Å²) < 4.78 is 26.3. The van der Waals surface area contributed by atoms with Crippen LogP contribution in [-0.2, 0) is 4.79 Å². The largest absolute Gasteiger partial charge is 0.396 e. The predicted molar refractivity (Wildman–Crippen MR) is 63.3 cm³/mol. The first-order chi connectivity index (χ1) is 8.53. The Kier molecular flexibility index (Phi) is 4.20. The SMILES string of the molecule is O=C(C1CCC(F)(F)C1)N1CCCC1CCCO. The van der Waals surface area contributed by atoms with Crippen LogP contribution in [0.4, 0.5) is 8.78 Å². The van der Waals surface area contributed by atoms with Gasteiger partial charge in [0, 0.05) is 38.0 Å². The minimum atomic E-state index is -2.65. The lowest BCUT2D eigenvalue weighted by Crippen LogP contribution is -2.39. The van der Waals surface area contributed by atoms with Crippen molar-refractivity contribution in [1.29, 1.82) is 0 Å². The Morgan fingerprint density at radius 1 is 1.39 bits per heavy atom. The van der Waals surface area contributed by atoms with E-state index >= 15 is 0 Å². The Morgan fingerprint density at radius 2 is 2.17 bits per heavy atom. The Balaban J connectivity index is 1.92. The molecule has 0 spiro atoms. The van der Waals surface area contributed by atoms with Gasteiger partial charge in [-0.15, -0.1) is 0 Å². The first kappa shape index (κ1) is 13.7. The van der Waals surface area contributed by atoms with Gasteiger partial charge in [-0.05, 0) is 32.1 Å². The molecule has 2 unspecified atom stereocenters. The molecular formula is C13H21F2NO2. The first-order valence-corrected chi connectivity index (χ1v) is 6.83. The molecule has 2 aliphatic rings. The molecule has 0 aromatic carbocycles. The Bertz CT molecular complexity index is 309. The lowest BCUT2D eigenvalue weighted by molar-refractivity contribution is -0.137. The van der Waals surface area contributed by atoms with Gasteiger partial charge in [-0.1, -0.05) is 0 Å². The minimum absolute atomic E-state index is 0.0902. The number of hydrogen-bond donors (Lipinski definition) is 1. The summed E-state index contributed by atoms with van der Waals surface area (Å²) in [4.78, 5) is 14.0. The summed E-state index contributed by atoms with van der Waals surface area (Å²) in [6.45, 7) is 0.816. The van der Waals surface area contributed by atoms with Crippen LogP contribution in [0.5, 0.6) is 0 Å². The van der Waals surface area contributed by atoms with Crippen LogP contribution in [0.25, 0.3) is 0 Å². The Morgan fingerprint density at radius 3 is 2.78 bits per heavy atom. The van der Waals surface area contributed by atoms with Gasteiger partial charge in [0.2, 0.25) is 11.8 Å². The molecule has 1 N–H and O–H groups in total. The van der Waals surface area contributed by atoms with Crippen molar-refractivity contribution in [3.63, 3.8) is 0 Å². The van der Waals surface area contributed by atoms with E-state index in [1.807, 2.05) is 0 Å². The molecule has 2 atom stereocenters. The number of halogens is 2. The topological polar surface area (TPSA) is 40.5 Å². The molecule has 0 radical (unpaired) electrons. The summed E-state index contributed by atoms with van der Waals surface area (Å²) in [6, 6.07) is 0.152. The molecule has 1 aliphatic heterocycles. The maximum absolute atomic E-state index is 13.1. The second-order valence-corrected chi connectivity index (χ2v) is 5.49. The number of rotatable bonds is 4. The molecule has 2 fully saturated rings. The highest BCUT2D eigenvalue weighted by molar-refractivity contribution is 5.79. The molecule has 1 aliphatic carbocycles. The standard InChI is InChI=1S/C13H21F2NO2/c14-13(15)6-5-10(9-13)12(18)16-7-1-3-11(16)4-2-8-17/h10-11,17H,1-9H2. The van der Waals surface area contributed by atoms with Crippen LogP contribution in [0.1, 0.15) is 44.9 Å². The van der Waals surface area contributed by atoms with E-state index in [0.29, 0.717) is 19.4 Å². The smallest absolute Gasteiger partial charge is 0.248 e. The van der Waals surface area contributed by atoms with E-state index in [-0.39, 0.29) is 31.4 Å². The Labute approximate surface area is 106 Å². The zero-order valence-electron chi connectivity index (χ0n) is 10.6. The van der Waals surface area contributed by atoms with Crippen molar-refractivity contribution in [1.82, 2.24) is 4.90 Å². The van der Waals surface area contributed by atoms with E-state index in [0.717, 1.165) is 19.3 Å². The van der Waals surface area contributed by atoms with Gasteiger partial charge >= 0.3 is 0 Å². The molecule has 1 saturated heterocycles. The summed E-state index contributed by atoms with van der Waals surface area (Å²) in [5, 5.41) is 8.83. The number of carbonyl (C=O) groups excluding carboxylic acids is 1. The number of hydrogen-bond acceptors (Lipinski definition) is 2. The van der Waals surface area contributed by atoms with Gasteiger partial charge in [0.05, 0.1) is 0 Å². The maximum Gasteiger partial charge on any atom is 0.248 e. The highest BCUT2D eigenvalue weighted by Gasteiger charge is 2.45. The quantitative estimate of drug-likeness (QED) is 0.842. The van der Waals surface area contributed by atoms with Crippen LogP contribution in [0.2, 0.25) is 0 Å². The van der Waals surface area contributed by atoms with Crippen molar-refractivity contribution in [2.75, 3.05) is 13.2 Å². The van der Waals surface area contributed by atoms with E-state index in [2.05, 4.69) is 0 Å². The van der Waals surface area contributed by atoms with Gasteiger partial charge in [-0.3, -0.25) is 4.79 Å². The van der Waals surface area contributed by atoms with Crippen LogP contribution < -0.4 is 0 Å². The summed E-state index contributed by atoms with van der Waals surface area (Å²) in [6.07, 6.45) is 3.23. The average Bonchev–Trinajstić information content (AvgIpc) is 2.91. The van der Waals surface area contributed by atoms with E-state index in [9.17, 15) is 13.6 Å². The number of carbonyl (C=O) groups is 1. The van der Waals surface area contributed by atoms with Crippen molar-refractivity contribution in [2.24, 2.45) is 5.92 Å². The fourth-order valence-corrected chi connectivity index (χ4v) is 3.15. The molecule has 5 heteroatoms. The summed E-state index contributed by atoms with van der Waals surface area (Å²) in [5.74, 6) is -3.23. The third-order valence-electron chi connectivity index (χ3n) is 4.11. The van der Waals surface area contributed by atoms with Crippen LogP contribution in [0.15, 0.2) is 0 Å². The van der Waals surface area contributed by atoms with Gasteiger partial charge in [0.25, 0.3) is 0 Å². The third-order valence-corrected chi connectivity index (χ3v) is 4.11. The van der Waals surface area contributed by atoms with Crippen molar-refractivity contribution in [3.05, 3.63) is 0 Å². The molecule has 1 amide bonds. The third kappa shape index (κ3) is 2.99. The number of alkyl halides is 2. The van der Waals surface area contributed by atoms with Crippen molar-refractivity contribution in [3.8, 4) is 0 Å². The van der Waals surface area contributed by atoms with E-state index < -0.39 is 11.8 Å². The molecule has 0 aromatic heterocycles. The summed E-state index contributed by atoms with van der Waals surface area (Å²) in [5.41, 5.74) is 0. The number of amides is 1. The first-order valence-electron chi connectivity index (χ1n) is 6.83. The normalized spacial score (nSPS) is 30.9. The van der Waals surface area contributed by atoms with Gasteiger partial charge in [0.1, 0.15) is 0 Å². The number of aliphatic hydroxyl groups is 1. The van der Waals surface area contributed by atoms with Gasteiger partial charge in [-0.2, -0.15) is 0 Å². The molecule has 2 rings (SSSR count). The summed E-state index contributed by atoms with van der Waals surface area (Å²) >= 11 is 0. The number of aliphatic hydroxyl groups excluding tert-OH is 1. The van der Waals surface area contributed by atoms with E-state index in [4.69, 9.17) is 5.11 Å². The zero-order chi connectivity index (χ0) is 13.2. The van der Waals surface area contributed by atoms with Crippen LogP contribution in [-0.4, -0.2) is 41.0 Å². The van der Waals surface area contributed by atoms with E-state index in [1.54, 1.807) is 4.90 Å². The maximum atomic E-state index is 13.1. The van der Waals surface area contributed by atoms with Crippen molar-refractivity contribution in [2.45, 2.75) is 56.9 Å². The lowest BCUT2D eigenvalue weighted by atomic mass is 10.0. The molecule has 3 nitrogen and oxygen atoms in total. The second-order valence-electron chi connectivity index (χ2n) is 5.49. The molecule has 1 saturated carbocycles. The van der Waals surface area contributed by atoms with Crippen molar-refractivity contribution < 1.29 is 18.7 Å². The fourth-order valence-electron chi connectivity index (χ4n) is 3.15. The molecule has 18 heavy (non-hydrogen) atoms. The van der Waals surface area contributed by atoms with Gasteiger partial charge in [0.15, 0.2) is 0 Å². The Hall–Kier alpha value is -0.710. The molecule has 0 aromatic rings. The highest BCUT2D eigenvalue weighted by atomic mass is 19.3. The molecule has 1 heterocycles. The number of likely N-dealkylation sites (tertiary alicyclic amines) is 1. The average molecular weight is 261 g/mol. The van der Waals surface area contributed by atoms with Crippen LogP contribution >= 0.6 is 0 Å². The van der Waals surface area contributed by atoms with Crippen molar-refractivity contribution >= 4 is 5.91 Å². The van der Waals surface area contributed by atoms with Crippen LogP contribution in [0.3, 0.4) is 0 Å². The van der Waals surface area contributed by atoms with E-state index in [1.165, 1.54) is 0 Å². The minimum Gasteiger partial charge on any atom is -0.396 e. The van der Waals surface area contributed by atoms with Gasteiger partial charge in [-0.25, -0.2) is 8.78 Å². The lowest BCUT2D eigenvalue weighted by Gasteiger charge is -2.27. The monoisotopic (exact) mass is 261 g/mol. The van der Waals surface area contributed by atoms with Crippen LogP contribution in [0, 0.1) is 5.92 Å². The molecule has 0 bridgehead atoms. The fraction of sp³-hybridized carbons (Fsp3) is 0.923. The highest BCUT2D eigenvalue weighted by Crippen LogP contribution is 2.40. The van der Waals surface area contributed by atoms with Gasteiger partial charge < -0.3 is 10.0 Å². The number of nitrogens with zero attached hydrogens (tertiary/aromatic N) is 1. The molecule has 104 valence electrons. The zero-order valence-corrected chi connectivity index (χ0v) is 10.6. The predicted octanol–water partition coefficient (Wildman–Crippen LogP) is 2.19. The second kappa shape index (κ2) is 5.51. The molecular weight excluding hydrogens is 240 g/mol. The summed E-state index contributed by atoms with van der Waals surface area (Å²) in [7, 11) is 0.